The number of amides is 1. The summed E-state index contributed by atoms with van der Waals surface area (Å²) in [4.78, 5) is 14.5. The summed E-state index contributed by atoms with van der Waals surface area (Å²) in [7, 11) is 0. The van der Waals surface area contributed by atoms with Gasteiger partial charge in [-0.05, 0) is 43.4 Å². The van der Waals surface area contributed by atoms with Crippen LogP contribution in [0.25, 0.3) is 0 Å². The van der Waals surface area contributed by atoms with Gasteiger partial charge in [-0.1, -0.05) is 31.4 Å². The highest BCUT2D eigenvalue weighted by molar-refractivity contribution is 5.93. The second-order valence-corrected chi connectivity index (χ2v) is 6.53. The maximum atomic E-state index is 12.2. The number of hydrogen-bond acceptors (Lipinski definition) is 3. The van der Waals surface area contributed by atoms with Crippen LogP contribution in [-0.4, -0.2) is 30.4 Å². The molecule has 1 N–H and O–H groups in total. The molecule has 0 unspecified atom stereocenters. The smallest absolute Gasteiger partial charge is 0.238 e. The Morgan fingerprint density at radius 1 is 1.23 bits per heavy atom. The Morgan fingerprint density at radius 2 is 2.00 bits per heavy atom. The van der Waals surface area contributed by atoms with Crippen molar-refractivity contribution in [3.8, 4) is 6.07 Å². The van der Waals surface area contributed by atoms with Crippen LogP contribution in [0.5, 0.6) is 0 Å². The molecule has 0 bridgehead atoms. The Labute approximate surface area is 132 Å². The van der Waals surface area contributed by atoms with Crippen molar-refractivity contribution in [1.82, 2.24) is 4.90 Å². The lowest BCUT2D eigenvalue weighted by Gasteiger charge is -2.41. The fraction of sp³-hybridized carbons (Fsp3) is 0.556. The molecule has 1 heterocycles. The molecule has 0 radical (unpaired) electrons. The normalized spacial score (nSPS) is 25.0. The molecule has 2 fully saturated rings. The first-order valence-corrected chi connectivity index (χ1v) is 8.27. The highest BCUT2D eigenvalue weighted by Crippen LogP contribution is 2.35. The zero-order chi connectivity index (χ0) is 15.4. The summed E-state index contributed by atoms with van der Waals surface area (Å²) in [5, 5.41) is 11.9. The summed E-state index contributed by atoms with van der Waals surface area (Å²) < 4.78 is 0. The summed E-state index contributed by atoms with van der Waals surface area (Å²) in [6.07, 6.45) is 6.65. The number of hydrogen-bond donors (Lipinski definition) is 1. The standard InChI is InChI=1S/C18H23N3O/c19-11-15-6-3-4-8-17(15)20-18(22)13-21-10-9-14-5-1-2-7-16(14)12-21/h3-4,6,8,14,16H,1-2,5,7,9-10,12-13H2,(H,20,22)/t14-,16-/m0/s1. The van der Waals surface area contributed by atoms with E-state index < -0.39 is 0 Å². The predicted octanol–water partition coefficient (Wildman–Crippen LogP) is 3.01. The van der Waals surface area contributed by atoms with Gasteiger partial charge in [-0.25, -0.2) is 0 Å². The molecule has 1 saturated heterocycles. The number of piperidine rings is 1. The lowest BCUT2D eigenvalue weighted by atomic mass is 9.75. The van der Waals surface area contributed by atoms with Crippen LogP contribution >= 0.6 is 0 Å². The van der Waals surface area contributed by atoms with E-state index in [-0.39, 0.29) is 5.91 Å². The summed E-state index contributed by atoms with van der Waals surface area (Å²) >= 11 is 0. The number of nitriles is 1. The van der Waals surface area contributed by atoms with Gasteiger partial charge in [0.2, 0.25) is 5.91 Å². The number of carbonyl (C=O) groups excluding carboxylic acids is 1. The van der Waals surface area contributed by atoms with Crippen LogP contribution in [0.2, 0.25) is 0 Å². The minimum absolute atomic E-state index is 0.0167. The van der Waals surface area contributed by atoms with Gasteiger partial charge in [-0.3, -0.25) is 9.69 Å². The number of anilines is 1. The maximum Gasteiger partial charge on any atom is 0.238 e. The summed E-state index contributed by atoms with van der Waals surface area (Å²) in [6.45, 7) is 2.51. The first kappa shape index (κ1) is 15.1. The Morgan fingerprint density at radius 3 is 2.82 bits per heavy atom. The molecule has 2 atom stereocenters. The van der Waals surface area contributed by atoms with Gasteiger partial charge < -0.3 is 5.32 Å². The minimum atomic E-state index is -0.0167. The van der Waals surface area contributed by atoms with Crippen LogP contribution in [0.3, 0.4) is 0 Å². The highest BCUT2D eigenvalue weighted by atomic mass is 16.2. The molecule has 4 nitrogen and oxygen atoms in total. The van der Waals surface area contributed by atoms with E-state index in [9.17, 15) is 4.79 Å². The zero-order valence-corrected chi connectivity index (χ0v) is 12.9. The SMILES string of the molecule is N#Cc1ccccc1NC(=O)CN1CC[C@@H]2CCCC[C@H]2C1. The van der Waals surface area contributed by atoms with Crippen molar-refractivity contribution in [3.63, 3.8) is 0 Å². The number of likely N-dealkylation sites (tertiary alicyclic amines) is 1. The lowest BCUT2D eigenvalue weighted by molar-refractivity contribution is -0.118. The number of carbonyl (C=O) groups is 1. The molecular formula is C18H23N3O. The average Bonchev–Trinajstić information content (AvgIpc) is 2.55. The van der Waals surface area contributed by atoms with E-state index in [1.807, 2.05) is 12.1 Å². The maximum absolute atomic E-state index is 12.2. The fourth-order valence-corrected chi connectivity index (χ4v) is 3.90. The molecule has 4 heteroatoms. The van der Waals surface area contributed by atoms with Gasteiger partial charge in [0.15, 0.2) is 0 Å². The quantitative estimate of drug-likeness (QED) is 0.933. The van der Waals surface area contributed by atoms with Crippen LogP contribution < -0.4 is 5.32 Å². The van der Waals surface area contributed by atoms with Crippen molar-refractivity contribution in [2.45, 2.75) is 32.1 Å². The van der Waals surface area contributed by atoms with Crippen LogP contribution in [0.15, 0.2) is 24.3 Å². The van der Waals surface area contributed by atoms with Gasteiger partial charge in [0.25, 0.3) is 0 Å². The van der Waals surface area contributed by atoms with Crippen molar-refractivity contribution in [2.75, 3.05) is 25.0 Å². The number of rotatable bonds is 3. The van der Waals surface area contributed by atoms with Gasteiger partial charge in [0.05, 0.1) is 17.8 Å². The summed E-state index contributed by atoms with van der Waals surface area (Å²) in [5.74, 6) is 1.64. The number of nitrogens with one attached hydrogen (secondary N) is 1. The van der Waals surface area contributed by atoms with E-state index in [0.29, 0.717) is 17.8 Å². The predicted molar refractivity (Wildman–Crippen MR) is 86.3 cm³/mol. The Kier molecular flexibility index (Phi) is 4.74. The molecule has 1 aliphatic heterocycles. The molecule has 2 aliphatic rings. The van der Waals surface area contributed by atoms with Gasteiger partial charge in [-0.2, -0.15) is 5.26 Å². The highest BCUT2D eigenvalue weighted by Gasteiger charge is 2.31. The van der Waals surface area contributed by atoms with E-state index in [1.165, 1.54) is 32.1 Å². The second-order valence-electron chi connectivity index (χ2n) is 6.53. The van der Waals surface area contributed by atoms with Crippen LogP contribution in [0, 0.1) is 23.2 Å². The molecule has 116 valence electrons. The van der Waals surface area contributed by atoms with Crippen LogP contribution in [-0.2, 0) is 4.79 Å². The fourth-order valence-electron chi connectivity index (χ4n) is 3.90. The summed E-state index contributed by atoms with van der Waals surface area (Å²) in [6, 6.07) is 9.27. The topological polar surface area (TPSA) is 56.1 Å². The van der Waals surface area contributed by atoms with Crippen molar-refractivity contribution in [3.05, 3.63) is 29.8 Å². The molecule has 22 heavy (non-hydrogen) atoms. The molecule has 0 aromatic heterocycles. The molecule has 1 aliphatic carbocycles. The van der Waals surface area contributed by atoms with Gasteiger partial charge in [0, 0.05) is 6.54 Å². The van der Waals surface area contributed by atoms with Crippen molar-refractivity contribution in [1.29, 1.82) is 5.26 Å². The van der Waals surface area contributed by atoms with Crippen molar-refractivity contribution in [2.24, 2.45) is 11.8 Å². The van der Waals surface area contributed by atoms with E-state index >= 15 is 0 Å². The van der Waals surface area contributed by atoms with E-state index in [1.54, 1.807) is 12.1 Å². The first-order chi connectivity index (χ1) is 10.8. The summed E-state index contributed by atoms with van der Waals surface area (Å²) in [5.41, 5.74) is 1.13. The minimum Gasteiger partial charge on any atom is -0.324 e. The third-order valence-electron chi connectivity index (χ3n) is 5.06. The average molecular weight is 297 g/mol. The molecule has 1 saturated carbocycles. The molecule has 0 spiro atoms. The first-order valence-electron chi connectivity index (χ1n) is 8.27. The zero-order valence-electron chi connectivity index (χ0n) is 12.9. The molecule has 3 rings (SSSR count). The van der Waals surface area contributed by atoms with Crippen molar-refractivity contribution >= 4 is 11.6 Å². The molecule has 1 amide bonds. The third kappa shape index (κ3) is 3.48. The van der Waals surface area contributed by atoms with Gasteiger partial charge >= 0.3 is 0 Å². The second kappa shape index (κ2) is 6.93. The van der Waals surface area contributed by atoms with Gasteiger partial charge in [-0.15, -0.1) is 0 Å². The van der Waals surface area contributed by atoms with E-state index in [2.05, 4.69) is 16.3 Å². The van der Waals surface area contributed by atoms with E-state index in [0.717, 1.165) is 24.9 Å². The van der Waals surface area contributed by atoms with E-state index in [4.69, 9.17) is 5.26 Å². The Balaban J connectivity index is 1.55. The van der Waals surface area contributed by atoms with Crippen molar-refractivity contribution < 1.29 is 4.79 Å². The van der Waals surface area contributed by atoms with Gasteiger partial charge in [0.1, 0.15) is 6.07 Å². The third-order valence-corrected chi connectivity index (χ3v) is 5.06. The molecular weight excluding hydrogens is 274 g/mol. The number of benzene rings is 1. The molecule has 1 aromatic rings. The Hall–Kier alpha value is -1.86. The van der Waals surface area contributed by atoms with Crippen LogP contribution in [0.1, 0.15) is 37.7 Å². The number of nitrogens with zero attached hydrogens (tertiary/aromatic N) is 2. The number of para-hydroxylation sites is 1. The Bertz CT molecular complexity index is 578. The van der Waals surface area contributed by atoms with Crippen LogP contribution in [0.4, 0.5) is 5.69 Å². The largest absolute Gasteiger partial charge is 0.324 e. The number of fused-ring (bicyclic) bond motifs is 1. The monoisotopic (exact) mass is 297 g/mol. The lowest BCUT2D eigenvalue weighted by Crippen LogP contribution is -2.44. The molecule has 1 aromatic carbocycles.